The minimum Gasteiger partial charge on any atom is -0.494 e. The van der Waals surface area contributed by atoms with Crippen molar-refractivity contribution in [2.24, 2.45) is 0 Å². The van der Waals surface area contributed by atoms with Gasteiger partial charge in [0.1, 0.15) is 12.1 Å². The molecule has 0 spiro atoms. The van der Waals surface area contributed by atoms with Crippen molar-refractivity contribution in [1.82, 2.24) is 24.5 Å². The Kier molecular flexibility index (Phi) is 6.10. The van der Waals surface area contributed by atoms with Crippen LogP contribution in [0.1, 0.15) is 38.6 Å². The fourth-order valence-electron chi connectivity index (χ4n) is 3.76. The lowest BCUT2D eigenvalue weighted by molar-refractivity contribution is 0.294. The van der Waals surface area contributed by atoms with E-state index < -0.39 is 10.0 Å². The van der Waals surface area contributed by atoms with Crippen LogP contribution in [0.2, 0.25) is 0 Å². The second-order valence-corrected chi connectivity index (χ2v) is 9.05. The summed E-state index contributed by atoms with van der Waals surface area (Å²) in [6.07, 6.45) is 10.3. The lowest BCUT2D eigenvalue weighted by atomic mass is 9.92. The summed E-state index contributed by atoms with van der Waals surface area (Å²) in [7, 11) is -3.55. The number of sulfonamides is 1. The van der Waals surface area contributed by atoms with Gasteiger partial charge in [0.05, 0.1) is 29.4 Å². The van der Waals surface area contributed by atoms with Gasteiger partial charge >= 0.3 is 0 Å². The van der Waals surface area contributed by atoms with Gasteiger partial charge in [-0.05, 0) is 62.9 Å². The van der Waals surface area contributed by atoms with Gasteiger partial charge < -0.3 is 4.74 Å². The zero-order chi connectivity index (χ0) is 21.0. The van der Waals surface area contributed by atoms with E-state index in [1.165, 1.54) is 6.33 Å². The van der Waals surface area contributed by atoms with Crippen LogP contribution in [-0.2, 0) is 10.0 Å². The van der Waals surface area contributed by atoms with Crippen LogP contribution in [0, 0.1) is 0 Å². The molecule has 1 fully saturated rings. The second-order valence-electron chi connectivity index (χ2n) is 7.33. The van der Waals surface area contributed by atoms with E-state index in [-0.39, 0.29) is 17.0 Å². The van der Waals surface area contributed by atoms with Gasteiger partial charge in [0.15, 0.2) is 0 Å². The summed E-state index contributed by atoms with van der Waals surface area (Å²) in [4.78, 5) is 8.45. The van der Waals surface area contributed by atoms with Crippen molar-refractivity contribution in [1.29, 1.82) is 0 Å². The summed E-state index contributed by atoms with van der Waals surface area (Å²) >= 11 is 0. The fourth-order valence-corrected chi connectivity index (χ4v) is 5.06. The lowest BCUT2D eigenvalue weighted by Gasteiger charge is -2.29. The Hall–Kier alpha value is -2.78. The molecular weight excluding hydrogens is 402 g/mol. The average Bonchev–Trinajstić information content (AvgIpc) is 3.26. The van der Waals surface area contributed by atoms with Crippen LogP contribution < -0.4 is 9.46 Å². The molecule has 8 nitrogen and oxygen atoms in total. The number of nitrogens with one attached hydrogen (secondary N) is 1. The molecular formula is C21H25N5O3S. The van der Waals surface area contributed by atoms with Crippen molar-refractivity contribution in [3.63, 3.8) is 0 Å². The maximum absolute atomic E-state index is 12.7. The van der Waals surface area contributed by atoms with Crippen molar-refractivity contribution < 1.29 is 13.2 Å². The molecule has 1 aliphatic rings. The third-order valence-corrected chi connectivity index (χ3v) is 6.85. The second kappa shape index (κ2) is 8.93. The zero-order valence-electron chi connectivity index (χ0n) is 16.8. The fraction of sp³-hybridized carbons (Fsp3) is 0.381. The first-order chi connectivity index (χ1) is 14.5. The molecule has 3 aromatic rings. The number of nitrogens with zero attached hydrogens (tertiary/aromatic N) is 4. The number of benzene rings is 1. The lowest BCUT2D eigenvalue weighted by Crippen LogP contribution is -2.38. The number of rotatable bonds is 7. The standard InChI is InChI=1S/C21H25N5O3S/c1-2-29-19-7-9-20(10-8-19)30(27,28)25-17-3-5-18(6-4-17)26-14-16(13-24-26)21-11-12-22-15-23-21/h7-15,17-18,25H,2-6H2,1H3. The largest absolute Gasteiger partial charge is 0.494 e. The first kappa shape index (κ1) is 20.5. The topological polar surface area (TPSA) is 99.0 Å². The molecule has 0 atom stereocenters. The first-order valence-electron chi connectivity index (χ1n) is 10.1. The summed E-state index contributed by atoms with van der Waals surface area (Å²) < 4.78 is 35.6. The zero-order valence-corrected chi connectivity index (χ0v) is 17.6. The molecule has 1 saturated carbocycles. The monoisotopic (exact) mass is 427 g/mol. The number of hydrogen-bond acceptors (Lipinski definition) is 6. The molecule has 0 saturated heterocycles. The Morgan fingerprint density at radius 2 is 1.90 bits per heavy atom. The number of hydrogen-bond donors (Lipinski definition) is 1. The van der Waals surface area contributed by atoms with E-state index >= 15 is 0 Å². The predicted octanol–water partition coefficient (Wildman–Crippen LogP) is 3.20. The van der Waals surface area contributed by atoms with Crippen LogP contribution in [0.15, 0.2) is 60.1 Å². The molecule has 1 N–H and O–H groups in total. The Bertz CT molecular complexity index is 1060. The highest BCUT2D eigenvalue weighted by molar-refractivity contribution is 7.89. The van der Waals surface area contributed by atoms with Gasteiger partial charge in [-0.15, -0.1) is 0 Å². The molecule has 2 aromatic heterocycles. The third kappa shape index (κ3) is 4.68. The molecule has 0 radical (unpaired) electrons. The van der Waals surface area contributed by atoms with Crippen LogP contribution in [0.4, 0.5) is 0 Å². The molecule has 30 heavy (non-hydrogen) atoms. The summed E-state index contributed by atoms with van der Waals surface area (Å²) in [6.45, 7) is 2.44. The van der Waals surface area contributed by atoms with Gasteiger partial charge in [-0.1, -0.05) is 0 Å². The highest BCUT2D eigenvalue weighted by Crippen LogP contribution is 2.30. The van der Waals surface area contributed by atoms with Gasteiger partial charge in [-0.2, -0.15) is 5.10 Å². The van der Waals surface area contributed by atoms with E-state index in [4.69, 9.17) is 4.74 Å². The van der Waals surface area contributed by atoms with Crippen molar-refractivity contribution in [2.75, 3.05) is 6.61 Å². The van der Waals surface area contributed by atoms with Crippen LogP contribution in [0.3, 0.4) is 0 Å². The van der Waals surface area contributed by atoms with Crippen molar-refractivity contribution in [3.05, 3.63) is 55.2 Å². The van der Waals surface area contributed by atoms with E-state index in [1.54, 1.807) is 30.5 Å². The molecule has 158 valence electrons. The molecule has 1 aromatic carbocycles. The van der Waals surface area contributed by atoms with E-state index in [9.17, 15) is 8.42 Å². The van der Waals surface area contributed by atoms with Gasteiger partial charge in [-0.3, -0.25) is 4.68 Å². The summed E-state index contributed by atoms with van der Waals surface area (Å²) in [6, 6.07) is 8.56. The minimum absolute atomic E-state index is 0.0743. The maximum atomic E-state index is 12.7. The molecule has 4 rings (SSSR count). The number of aromatic nitrogens is 4. The van der Waals surface area contributed by atoms with E-state index in [0.717, 1.165) is 36.9 Å². The van der Waals surface area contributed by atoms with Crippen molar-refractivity contribution >= 4 is 10.0 Å². The Morgan fingerprint density at radius 1 is 1.13 bits per heavy atom. The summed E-state index contributed by atoms with van der Waals surface area (Å²) in [5, 5.41) is 4.49. The smallest absolute Gasteiger partial charge is 0.240 e. The normalized spacial score (nSPS) is 19.5. The quantitative estimate of drug-likeness (QED) is 0.622. The van der Waals surface area contributed by atoms with Gasteiger partial charge in [0.25, 0.3) is 0 Å². The third-order valence-electron chi connectivity index (χ3n) is 5.32. The Morgan fingerprint density at radius 3 is 2.57 bits per heavy atom. The van der Waals surface area contributed by atoms with Crippen LogP contribution in [-0.4, -0.2) is 40.8 Å². The Balaban J connectivity index is 1.35. The van der Waals surface area contributed by atoms with Gasteiger partial charge in [-0.25, -0.2) is 23.1 Å². The van der Waals surface area contributed by atoms with E-state index in [1.807, 2.05) is 30.1 Å². The highest BCUT2D eigenvalue weighted by Gasteiger charge is 2.27. The minimum atomic E-state index is -3.55. The molecule has 0 aliphatic heterocycles. The molecule has 0 amide bonds. The van der Waals surface area contributed by atoms with Crippen molar-refractivity contribution in [3.8, 4) is 17.0 Å². The Labute approximate surface area is 176 Å². The summed E-state index contributed by atoms with van der Waals surface area (Å²) in [5.74, 6) is 0.664. The average molecular weight is 428 g/mol. The van der Waals surface area contributed by atoms with Crippen LogP contribution >= 0.6 is 0 Å². The van der Waals surface area contributed by atoms with Crippen LogP contribution in [0.5, 0.6) is 5.75 Å². The number of ether oxygens (including phenoxy) is 1. The molecule has 0 bridgehead atoms. The molecule has 2 heterocycles. The highest BCUT2D eigenvalue weighted by atomic mass is 32.2. The molecule has 0 unspecified atom stereocenters. The molecule has 1 aliphatic carbocycles. The maximum Gasteiger partial charge on any atom is 0.240 e. The first-order valence-corrected chi connectivity index (χ1v) is 11.6. The summed E-state index contributed by atoms with van der Waals surface area (Å²) in [5.41, 5.74) is 1.80. The molecule has 9 heteroatoms. The van der Waals surface area contributed by atoms with Crippen LogP contribution in [0.25, 0.3) is 11.3 Å². The van der Waals surface area contributed by atoms with E-state index in [0.29, 0.717) is 12.4 Å². The predicted molar refractivity (Wildman–Crippen MR) is 112 cm³/mol. The SMILES string of the molecule is CCOc1ccc(S(=O)(=O)NC2CCC(n3cc(-c4ccncn4)cn3)CC2)cc1. The van der Waals surface area contributed by atoms with Crippen molar-refractivity contribution in [2.45, 2.75) is 49.6 Å². The van der Waals surface area contributed by atoms with Gasteiger partial charge in [0.2, 0.25) is 10.0 Å². The van der Waals surface area contributed by atoms with Gasteiger partial charge in [0, 0.05) is 24.0 Å². The van der Waals surface area contributed by atoms with E-state index in [2.05, 4.69) is 19.8 Å².